The van der Waals surface area contributed by atoms with Gasteiger partial charge in [-0.1, -0.05) is 55.0 Å². The van der Waals surface area contributed by atoms with Crippen molar-refractivity contribution in [1.82, 2.24) is 19.6 Å². The molecule has 1 aliphatic carbocycles. The molecule has 3 heterocycles. The smallest absolute Gasteiger partial charge is 0.255 e. The Balaban J connectivity index is 1.11. The van der Waals surface area contributed by atoms with Crippen LogP contribution in [0.25, 0.3) is 0 Å². The molecule has 1 saturated carbocycles. The van der Waals surface area contributed by atoms with E-state index in [0.29, 0.717) is 13.1 Å². The van der Waals surface area contributed by atoms with Crippen molar-refractivity contribution in [2.75, 3.05) is 45.8 Å². The van der Waals surface area contributed by atoms with Crippen LogP contribution >= 0.6 is 0 Å². The van der Waals surface area contributed by atoms with Crippen molar-refractivity contribution in [3.8, 4) is 0 Å². The zero-order valence-electron chi connectivity index (χ0n) is 20.6. The van der Waals surface area contributed by atoms with Gasteiger partial charge in [-0.25, -0.2) is 0 Å². The summed E-state index contributed by atoms with van der Waals surface area (Å²) in [6.07, 6.45) is 5.75. The van der Waals surface area contributed by atoms with Crippen molar-refractivity contribution in [3.05, 3.63) is 71.3 Å². The third-order valence-electron chi connectivity index (χ3n) is 8.90. The van der Waals surface area contributed by atoms with Crippen molar-refractivity contribution >= 4 is 11.8 Å². The molecule has 0 N–H and O–H groups in total. The highest BCUT2D eigenvalue weighted by Crippen LogP contribution is 2.47. The topological polar surface area (TPSA) is 47.1 Å². The Morgan fingerprint density at radius 3 is 2.23 bits per heavy atom. The zero-order valence-corrected chi connectivity index (χ0v) is 20.6. The number of rotatable bonds is 5. The highest BCUT2D eigenvalue weighted by molar-refractivity contribution is 6.00. The van der Waals surface area contributed by atoms with E-state index in [0.717, 1.165) is 69.3 Å². The molecule has 6 rings (SSSR count). The first-order valence-corrected chi connectivity index (χ1v) is 13.3. The van der Waals surface area contributed by atoms with Crippen LogP contribution in [0.2, 0.25) is 0 Å². The summed E-state index contributed by atoms with van der Waals surface area (Å²) < 4.78 is 0. The van der Waals surface area contributed by atoms with E-state index in [-0.39, 0.29) is 17.4 Å². The van der Waals surface area contributed by atoms with Gasteiger partial charge in [0.25, 0.3) is 5.91 Å². The standard InChI is InChI=1S/C29H36N4O2/c34-27(32-19-17-31(18-20-32)24-9-6-10-24)22-30-15-13-29(14-16-30)26-12-5-4-11-25(26)28(35)33(29)21-23-7-2-1-3-8-23/h1-5,7-8,11-12,24H,6,9-10,13-22H2. The van der Waals surface area contributed by atoms with Gasteiger partial charge < -0.3 is 9.80 Å². The molecule has 3 aliphatic heterocycles. The quantitative estimate of drug-likeness (QED) is 0.670. The minimum absolute atomic E-state index is 0.137. The number of hydrogen-bond acceptors (Lipinski definition) is 4. The molecule has 2 amide bonds. The average molecular weight is 473 g/mol. The van der Waals surface area contributed by atoms with Crippen LogP contribution in [-0.4, -0.2) is 83.3 Å². The number of nitrogens with zero attached hydrogens (tertiary/aromatic N) is 4. The van der Waals surface area contributed by atoms with E-state index >= 15 is 0 Å². The molecule has 0 unspecified atom stereocenters. The molecule has 0 radical (unpaired) electrons. The number of benzene rings is 2. The van der Waals surface area contributed by atoms with E-state index in [2.05, 4.69) is 43.9 Å². The van der Waals surface area contributed by atoms with Gasteiger partial charge in [-0.2, -0.15) is 0 Å². The second kappa shape index (κ2) is 9.40. The summed E-state index contributed by atoms with van der Waals surface area (Å²) in [7, 11) is 0. The average Bonchev–Trinajstić information content (AvgIpc) is 3.08. The number of amides is 2. The van der Waals surface area contributed by atoms with Crippen molar-refractivity contribution in [2.45, 2.75) is 50.2 Å². The highest BCUT2D eigenvalue weighted by atomic mass is 16.2. The molecule has 4 aliphatic rings. The van der Waals surface area contributed by atoms with E-state index in [1.807, 2.05) is 30.3 Å². The summed E-state index contributed by atoms with van der Waals surface area (Å²) in [5.74, 6) is 0.400. The predicted molar refractivity (Wildman–Crippen MR) is 136 cm³/mol. The minimum Gasteiger partial charge on any atom is -0.339 e. The SMILES string of the molecule is O=C(CN1CCC2(CC1)c1ccccc1C(=O)N2Cc1ccccc1)N1CCN(C2CCC2)CC1. The summed E-state index contributed by atoms with van der Waals surface area (Å²) in [4.78, 5) is 35.6. The third-order valence-corrected chi connectivity index (χ3v) is 8.90. The molecule has 2 aromatic carbocycles. The number of hydrogen-bond donors (Lipinski definition) is 0. The fraction of sp³-hybridized carbons (Fsp3) is 0.517. The van der Waals surface area contributed by atoms with Gasteiger partial charge in [0, 0.05) is 57.4 Å². The number of carbonyl (C=O) groups is 2. The van der Waals surface area contributed by atoms with Gasteiger partial charge in [-0.05, 0) is 42.9 Å². The van der Waals surface area contributed by atoms with E-state index in [1.165, 1.54) is 24.8 Å². The molecule has 3 fully saturated rings. The molecular weight excluding hydrogens is 436 g/mol. The van der Waals surface area contributed by atoms with E-state index in [4.69, 9.17) is 0 Å². The maximum atomic E-state index is 13.5. The number of fused-ring (bicyclic) bond motifs is 2. The van der Waals surface area contributed by atoms with Crippen molar-refractivity contribution in [3.63, 3.8) is 0 Å². The molecule has 35 heavy (non-hydrogen) atoms. The number of piperazine rings is 1. The Bertz CT molecular complexity index is 1070. The molecule has 2 saturated heterocycles. The minimum atomic E-state index is -0.280. The Kier molecular flexibility index (Phi) is 6.11. The van der Waals surface area contributed by atoms with Crippen LogP contribution in [0.5, 0.6) is 0 Å². The molecular formula is C29H36N4O2. The van der Waals surface area contributed by atoms with E-state index in [9.17, 15) is 9.59 Å². The summed E-state index contributed by atoms with van der Waals surface area (Å²) in [5.41, 5.74) is 2.89. The normalized spacial score (nSPS) is 22.9. The van der Waals surface area contributed by atoms with Crippen LogP contribution in [0.1, 0.15) is 53.6 Å². The van der Waals surface area contributed by atoms with Crippen LogP contribution in [-0.2, 0) is 16.9 Å². The van der Waals surface area contributed by atoms with Crippen molar-refractivity contribution in [2.24, 2.45) is 0 Å². The molecule has 6 nitrogen and oxygen atoms in total. The molecule has 184 valence electrons. The van der Waals surface area contributed by atoms with Gasteiger partial charge in [0.15, 0.2) is 0 Å². The maximum absolute atomic E-state index is 13.5. The molecule has 0 aromatic heterocycles. The lowest BCUT2D eigenvalue weighted by Gasteiger charge is -2.46. The summed E-state index contributed by atoms with van der Waals surface area (Å²) in [5, 5.41) is 0. The Morgan fingerprint density at radius 2 is 1.54 bits per heavy atom. The lowest BCUT2D eigenvalue weighted by atomic mass is 9.80. The van der Waals surface area contributed by atoms with Gasteiger partial charge >= 0.3 is 0 Å². The van der Waals surface area contributed by atoms with Gasteiger partial charge in [0.2, 0.25) is 5.91 Å². The molecule has 0 bridgehead atoms. The van der Waals surface area contributed by atoms with Crippen LogP contribution in [0.3, 0.4) is 0 Å². The Labute approximate surface area is 208 Å². The van der Waals surface area contributed by atoms with Gasteiger partial charge in [0.1, 0.15) is 0 Å². The second-order valence-corrected chi connectivity index (χ2v) is 10.7. The second-order valence-electron chi connectivity index (χ2n) is 10.7. The van der Waals surface area contributed by atoms with Crippen LogP contribution in [0.15, 0.2) is 54.6 Å². The highest BCUT2D eigenvalue weighted by Gasteiger charge is 2.50. The van der Waals surface area contributed by atoms with Crippen molar-refractivity contribution in [1.29, 1.82) is 0 Å². The molecule has 0 atom stereocenters. The molecule has 6 heteroatoms. The largest absolute Gasteiger partial charge is 0.339 e. The van der Waals surface area contributed by atoms with Crippen molar-refractivity contribution < 1.29 is 9.59 Å². The first-order chi connectivity index (χ1) is 17.1. The zero-order chi connectivity index (χ0) is 23.8. The predicted octanol–water partition coefficient (Wildman–Crippen LogP) is 3.33. The van der Waals surface area contributed by atoms with Crippen LogP contribution in [0.4, 0.5) is 0 Å². The summed E-state index contributed by atoms with van der Waals surface area (Å²) >= 11 is 0. The third kappa shape index (κ3) is 4.17. The van der Waals surface area contributed by atoms with Gasteiger partial charge in [-0.3, -0.25) is 19.4 Å². The number of likely N-dealkylation sites (tertiary alicyclic amines) is 1. The first kappa shape index (κ1) is 22.7. The van der Waals surface area contributed by atoms with Gasteiger partial charge in [0.05, 0.1) is 12.1 Å². The molecule has 2 aromatic rings. The fourth-order valence-electron chi connectivity index (χ4n) is 6.55. The number of carbonyl (C=O) groups excluding carboxylic acids is 2. The van der Waals surface area contributed by atoms with Crippen LogP contribution < -0.4 is 0 Å². The summed E-state index contributed by atoms with van der Waals surface area (Å²) in [6.45, 7) is 6.55. The lowest BCUT2D eigenvalue weighted by molar-refractivity contribution is -0.135. The van der Waals surface area contributed by atoms with E-state index < -0.39 is 0 Å². The summed E-state index contributed by atoms with van der Waals surface area (Å²) in [6, 6.07) is 19.2. The maximum Gasteiger partial charge on any atom is 0.255 e. The monoisotopic (exact) mass is 472 g/mol. The lowest BCUT2D eigenvalue weighted by Crippen LogP contribution is -2.56. The molecule has 1 spiro atoms. The Hall–Kier alpha value is -2.70. The fourth-order valence-corrected chi connectivity index (χ4v) is 6.55. The Morgan fingerprint density at radius 1 is 0.857 bits per heavy atom. The first-order valence-electron chi connectivity index (χ1n) is 13.3. The van der Waals surface area contributed by atoms with Crippen LogP contribution in [0, 0.1) is 0 Å². The van der Waals surface area contributed by atoms with Gasteiger partial charge in [-0.15, -0.1) is 0 Å². The van der Waals surface area contributed by atoms with E-state index in [1.54, 1.807) is 0 Å². The number of piperidine rings is 1.